The molecule has 1 aromatic rings. The summed E-state index contributed by atoms with van der Waals surface area (Å²) < 4.78 is 18.3. The lowest BCUT2D eigenvalue weighted by atomic mass is 10.2. The van der Waals surface area contributed by atoms with Gasteiger partial charge in [-0.25, -0.2) is 4.39 Å². The summed E-state index contributed by atoms with van der Waals surface area (Å²) in [6, 6.07) is 4.44. The summed E-state index contributed by atoms with van der Waals surface area (Å²) in [6.45, 7) is 3.24. The van der Waals surface area contributed by atoms with E-state index in [9.17, 15) is 9.18 Å². The van der Waals surface area contributed by atoms with E-state index >= 15 is 0 Å². The molecule has 0 saturated heterocycles. The van der Waals surface area contributed by atoms with Gasteiger partial charge in [0.15, 0.2) is 18.2 Å². The lowest BCUT2D eigenvalue weighted by molar-refractivity contribution is -0.123. The van der Waals surface area contributed by atoms with Crippen molar-refractivity contribution in [3.8, 4) is 5.75 Å². The lowest BCUT2D eigenvalue weighted by Gasteiger charge is -2.09. The van der Waals surface area contributed by atoms with Crippen LogP contribution in [0.4, 0.5) is 4.39 Å². The van der Waals surface area contributed by atoms with Crippen molar-refractivity contribution >= 4 is 5.91 Å². The second-order valence-electron chi connectivity index (χ2n) is 3.88. The highest BCUT2D eigenvalue weighted by molar-refractivity contribution is 5.77. The third-order valence-electron chi connectivity index (χ3n) is 2.04. The van der Waals surface area contributed by atoms with Crippen molar-refractivity contribution in [2.24, 2.45) is 0 Å². The number of aliphatic hydroxyl groups is 1. The Morgan fingerprint density at radius 3 is 2.94 bits per heavy atom. The summed E-state index contributed by atoms with van der Waals surface area (Å²) in [7, 11) is 0. The molecule has 0 fully saturated rings. The Kier molecular flexibility index (Phi) is 4.90. The second kappa shape index (κ2) is 6.20. The molecular weight excluding hydrogens is 225 g/mol. The van der Waals surface area contributed by atoms with Crippen LogP contribution in [0.1, 0.15) is 12.5 Å². The van der Waals surface area contributed by atoms with E-state index in [1.54, 1.807) is 19.9 Å². The maximum atomic E-state index is 13.2. The quantitative estimate of drug-likeness (QED) is 0.809. The number of aliphatic hydroxyl groups excluding tert-OH is 1. The highest BCUT2D eigenvalue weighted by Gasteiger charge is 2.07. The van der Waals surface area contributed by atoms with E-state index in [4.69, 9.17) is 9.84 Å². The standard InChI is InChI=1S/C12H16FNO3/c1-8-3-4-10(13)11(5-8)17-7-12(16)14-6-9(2)15/h3-5,9,15H,6-7H2,1-2H3,(H,14,16). The zero-order chi connectivity index (χ0) is 12.8. The lowest BCUT2D eigenvalue weighted by Crippen LogP contribution is -2.34. The number of carbonyl (C=O) groups is 1. The SMILES string of the molecule is Cc1ccc(F)c(OCC(=O)NCC(C)O)c1. The van der Waals surface area contributed by atoms with E-state index in [0.717, 1.165) is 5.56 Å². The van der Waals surface area contributed by atoms with Crippen LogP contribution in [0, 0.1) is 12.7 Å². The van der Waals surface area contributed by atoms with Gasteiger partial charge in [-0.15, -0.1) is 0 Å². The Labute approximate surface area is 99.4 Å². The first-order valence-electron chi connectivity index (χ1n) is 5.32. The van der Waals surface area contributed by atoms with Crippen molar-refractivity contribution in [2.45, 2.75) is 20.0 Å². The van der Waals surface area contributed by atoms with Crippen molar-refractivity contribution < 1.29 is 19.0 Å². The van der Waals surface area contributed by atoms with Gasteiger partial charge in [-0.3, -0.25) is 4.79 Å². The number of hydrogen-bond donors (Lipinski definition) is 2. The second-order valence-corrected chi connectivity index (χ2v) is 3.88. The van der Waals surface area contributed by atoms with Crippen LogP contribution in [0.25, 0.3) is 0 Å². The first-order valence-corrected chi connectivity index (χ1v) is 5.32. The molecule has 1 rings (SSSR count). The smallest absolute Gasteiger partial charge is 0.258 e. The van der Waals surface area contributed by atoms with Crippen molar-refractivity contribution in [2.75, 3.05) is 13.2 Å². The van der Waals surface area contributed by atoms with Gasteiger partial charge in [0.2, 0.25) is 0 Å². The Bertz CT molecular complexity index is 393. The summed E-state index contributed by atoms with van der Waals surface area (Å²) >= 11 is 0. The van der Waals surface area contributed by atoms with Gasteiger partial charge in [0.1, 0.15) is 0 Å². The van der Waals surface area contributed by atoms with Crippen LogP contribution in [0.2, 0.25) is 0 Å². The van der Waals surface area contributed by atoms with E-state index in [0.29, 0.717) is 0 Å². The fraction of sp³-hybridized carbons (Fsp3) is 0.417. The number of amides is 1. The minimum atomic E-state index is -0.616. The third-order valence-corrected chi connectivity index (χ3v) is 2.04. The fourth-order valence-electron chi connectivity index (χ4n) is 1.18. The van der Waals surface area contributed by atoms with Crippen molar-refractivity contribution in [3.63, 3.8) is 0 Å². The van der Waals surface area contributed by atoms with Gasteiger partial charge in [0, 0.05) is 6.54 Å². The first kappa shape index (κ1) is 13.4. The number of halogens is 1. The number of aryl methyl sites for hydroxylation is 1. The van der Waals surface area contributed by atoms with Gasteiger partial charge >= 0.3 is 0 Å². The van der Waals surface area contributed by atoms with E-state index in [-0.39, 0.29) is 18.9 Å². The van der Waals surface area contributed by atoms with Crippen LogP contribution < -0.4 is 10.1 Å². The third kappa shape index (κ3) is 4.82. The molecule has 0 radical (unpaired) electrons. The number of nitrogens with one attached hydrogen (secondary N) is 1. The molecule has 0 aromatic heterocycles. The zero-order valence-corrected chi connectivity index (χ0v) is 9.87. The Hall–Kier alpha value is -1.62. The Balaban J connectivity index is 2.44. The van der Waals surface area contributed by atoms with Gasteiger partial charge in [0.05, 0.1) is 6.10 Å². The molecule has 5 heteroatoms. The van der Waals surface area contributed by atoms with Crippen molar-refractivity contribution in [3.05, 3.63) is 29.6 Å². The van der Waals surface area contributed by atoms with Crippen LogP contribution in [0.3, 0.4) is 0 Å². The average Bonchev–Trinajstić information content (AvgIpc) is 2.27. The number of ether oxygens (including phenoxy) is 1. The van der Waals surface area contributed by atoms with Crippen LogP contribution >= 0.6 is 0 Å². The molecule has 2 N–H and O–H groups in total. The van der Waals surface area contributed by atoms with Crippen LogP contribution in [-0.2, 0) is 4.79 Å². The van der Waals surface area contributed by atoms with Gasteiger partial charge < -0.3 is 15.2 Å². The molecule has 0 spiro atoms. The Morgan fingerprint density at radius 2 is 2.29 bits per heavy atom. The molecule has 0 heterocycles. The molecule has 4 nitrogen and oxygen atoms in total. The summed E-state index contributed by atoms with van der Waals surface area (Å²) in [6.07, 6.45) is -0.616. The van der Waals surface area contributed by atoms with Gasteiger partial charge in [0.25, 0.3) is 5.91 Å². The molecule has 94 valence electrons. The molecule has 1 unspecified atom stereocenters. The maximum Gasteiger partial charge on any atom is 0.258 e. The van der Waals surface area contributed by atoms with E-state index in [1.165, 1.54) is 12.1 Å². The predicted octanol–water partition coefficient (Wildman–Crippen LogP) is 1.01. The van der Waals surface area contributed by atoms with Crippen LogP contribution in [-0.4, -0.2) is 30.3 Å². The normalized spacial score (nSPS) is 12.0. The highest BCUT2D eigenvalue weighted by atomic mass is 19.1. The number of hydrogen-bond acceptors (Lipinski definition) is 3. The number of benzene rings is 1. The molecule has 0 saturated carbocycles. The maximum absolute atomic E-state index is 13.2. The molecule has 1 atom stereocenters. The minimum Gasteiger partial charge on any atom is -0.481 e. The summed E-state index contributed by atoms with van der Waals surface area (Å²) in [5.41, 5.74) is 0.853. The van der Waals surface area contributed by atoms with E-state index in [1.807, 2.05) is 0 Å². The number of carbonyl (C=O) groups excluding carboxylic acids is 1. The van der Waals surface area contributed by atoms with E-state index in [2.05, 4.69) is 5.32 Å². The average molecular weight is 241 g/mol. The molecule has 17 heavy (non-hydrogen) atoms. The molecule has 0 aliphatic heterocycles. The van der Waals surface area contributed by atoms with Crippen LogP contribution in [0.15, 0.2) is 18.2 Å². The molecule has 0 aliphatic carbocycles. The molecule has 0 aliphatic rings. The van der Waals surface area contributed by atoms with Crippen LogP contribution in [0.5, 0.6) is 5.75 Å². The molecule has 1 aromatic carbocycles. The fourth-order valence-corrected chi connectivity index (χ4v) is 1.18. The van der Waals surface area contributed by atoms with Gasteiger partial charge in [-0.2, -0.15) is 0 Å². The predicted molar refractivity (Wildman–Crippen MR) is 61.3 cm³/mol. The highest BCUT2D eigenvalue weighted by Crippen LogP contribution is 2.17. The molecule has 1 amide bonds. The Morgan fingerprint density at radius 1 is 1.59 bits per heavy atom. The summed E-state index contributed by atoms with van der Waals surface area (Å²) in [4.78, 5) is 11.2. The molecule has 0 bridgehead atoms. The zero-order valence-electron chi connectivity index (χ0n) is 9.87. The monoisotopic (exact) mass is 241 g/mol. The first-order chi connectivity index (χ1) is 7.99. The van der Waals surface area contributed by atoms with Gasteiger partial charge in [-0.1, -0.05) is 6.07 Å². The number of rotatable bonds is 5. The largest absolute Gasteiger partial charge is 0.481 e. The van der Waals surface area contributed by atoms with E-state index < -0.39 is 17.8 Å². The summed E-state index contributed by atoms with van der Waals surface area (Å²) in [5.74, 6) is -0.845. The molecular formula is C12H16FNO3. The van der Waals surface area contributed by atoms with Gasteiger partial charge in [-0.05, 0) is 31.5 Å². The van der Waals surface area contributed by atoms with Crippen molar-refractivity contribution in [1.29, 1.82) is 0 Å². The topological polar surface area (TPSA) is 58.6 Å². The summed E-state index contributed by atoms with van der Waals surface area (Å²) in [5, 5.41) is 11.4. The minimum absolute atomic E-state index is 0.0530. The van der Waals surface area contributed by atoms with Crippen molar-refractivity contribution in [1.82, 2.24) is 5.32 Å².